The van der Waals surface area contributed by atoms with Gasteiger partial charge < -0.3 is 18.7 Å². The second kappa shape index (κ2) is 9.44. The number of esters is 1. The SMILES string of the molecule is COc1ccc(-c2nc(CC(=O)OCc3cc(-c4ccccc4)on3)cs2)cc1OC. The Balaban J connectivity index is 1.35. The first-order chi connectivity index (χ1) is 15.2. The average Bonchev–Trinajstić information content (AvgIpc) is 3.48. The van der Waals surface area contributed by atoms with E-state index in [1.54, 1.807) is 20.3 Å². The Morgan fingerprint density at radius 3 is 2.55 bits per heavy atom. The monoisotopic (exact) mass is 436 g/mol. The Hall–Kier alpha value is -3.65. The second-order valence-corrected chi connectivity index (χ2v) is 7.46. The molecule has 0 unspecified atom stereocenters. The van der Waals surface area contributed by atoms with Gasteiger partial charge in [0, 0.05) is 22.6 Å². The molecule has 0 N–H and O–H groups in total. The van der Waals surface area contributed by atoms with Crippen molar-refractivity contribution in [3.63, 3.8) is 0 Å². The van der Waals surface area contributed by atoms with Crippen molar-refractivity contribution >= 4 is 17.3 Å². The number of nitrogens with zero attached hydrogens (tertiary/aromatic N) is 2. The Bertz CT molecular complexity index is 1170. The third-order valence-corrected chi connectivity index (χ3v) is 5.45. The molecule has 2 heterocycles. The van der Waals surface area contributed by atoms with E-state index in [0.717, 1.165) is 16.1 Å². The summed E-state index contributed by atoms with van der Waals surface area (Å²) in [4.78, 5) is 16.8. The number of rotatable bonds is 8. The lowest BCUT2D eigenvalue weighted by atomic mass is 10.2. The lowest BCUT2D eigenvalue weighted by Gasteiger charge is -2.08. The molecular weight excluding hydrogens is 416 g/mol. The summed E-state index contributed by atoms with van der Waals surface area (Å²) in [7, 11) is 3.18. The molecule has 8 heteroatoms. The van der Waals surface area contributed by atoms with Crippen molar-refractivity contribution in [1.82, 2.24) is 10.1 Å². The van der Waals surface area contributed by atoms with Crippen LogP contribution in [0, 0.1) is 0 Å². The number of methoxy groups -OCH3 is 2. The van der Waals surface area contributed by atoms with Crippen molar-refractivity contribution in [3.8, 4) is 33.4 Å². The maximum atomic E-state index is 12.2. The van der Waals surface area contributed by atoms with E-state index in [1.807, 2.05) is 53.9 Å². The molecule has 0 saturated heterocycles. The number of carbonyl (C=O) groups excluding carboxylic acids is 1. The molecule has 0 atom stereocenters. The first-order valence-corrected chi connectivity index (χ1v) is 10.4. The largest absolute Gasteiger partial charge is 0.493 e. The molecule has 7 nitrogen and oxygen atoms in total. The van der Waals surface area contributed by atoms with Gasteiger partial charge in [-0.2, -0.15) is 0 Å². The van der Waals surface area contributed by atoms with Crippen LogP contribution >= 0.6 is 11.3 Å². The molecule has 0 spiro atoms. The quantitative estimate of drug-likeness (QED) is 0.368. The van der Waals surface area contributed by atoms with Gasteiger partial charge >= 0.3 is 5.97 Å². The summed E-state index contributed by atoms with van der Waals surface area (Å²) in [6.45, 7) is 0.0435. The van der Waals surface area contributed by atoms with Gasteiger partial charge in [0.15, 0.2) is 17.3 Å². The minimum Gasteiger partial charge on any atom is -0.493 e. The van der Waals surface area contributed by atoms with Crippen LogP contribution in [0.1, 0.15) is 11.4 Å². The highest BCUT2D eigenvalue weighted by molar-refractivity contribution is 7.13. The fourth-order valence-electron chi connectivity index (χ4n) is 2.96. The van der Waals surface area contributed by atoms with Gasteiger partial charge in [-0.25, -0.2) is 4.98 Å². The van der Waals surface area contributed by atoms with Gasteiger partial charge in [-0.1, -0.05) is 35.5 Å². The van der Waals surface area contributed by atoms with Gasteiger partial charge in [0.05, 0.1) is 26.3 Å². The van der Waals surface area contributed by atoms with E-state index in [9.17, 15) is 4.79 Å². The summed E-state index contributed by atoms with van der Waals surface area (Å²) in [6, 6.07) is 17.0. The Labute approximate surface area is 183 Å². The third kappa shape index (κ3) is 4.92. The zero-order chi connectivity index (χ0) is 21.6. The molecule has 2 aromatic carbocycles. The van der Waals surface area contributed by atoms with E-state index in [4.69, 9.17) is 18.7 Å². The smallest absolute Gasteiger partial charge is 0.312 e. The van der Waals surface area contributed by atoms with E-state index in [1.165, 1.54) is 11.3 Å². The zero-order valence-electron chi connectivity index (χ0n) is 17.0. The average molecular weight is 436 g/mol. The minimum atomic E-state index is -0.381. The van der Waals surface area contributed by atoms with Crippen LogP contribution in [0.2, 0.25) is 0 Å². The summed E-state index contributed by atoms with van der Waals surface area (Å²) in [5.41, 5.74) is 3.00. The highest BCUT2D eigenvalue weighted by Gasteiger charge is 2.14. The van der Waals surface area contributed by atoms with Gasteiger partial charge in [-0.3, -0.25) is 4.79 Å². The first-order valence-electron chi connectivity index (χ1n) is 9.49. The van der Waals surface area contributed by atoms with Crippen molar-refractivity contribution < 1.29 is 23.5 Å². The predicted octanol–water partition coefficient (Wildman–Crippen LogP) is 4.77. The van der Waals surface area contributed by atoms with Gasteiger partial charge in [-0.15, -0.1) is 11.3 Å². The van der Waals surface area contributed by atoms with Gasteiger partial charge in [-0.05, 0) is 18.2 Å². The fraction of sp³-hybridized carbons (Fsp3) is 0.174. The van der Waals surface area contributed by atoms with Crippen LogP contribution in [0.3, 0.4) is 0 Å². The second-order valence-electron chi connectivity index (χ2n) is 6.60. The van der Waals surface area contributed by atoms with Crippen LogP contribution in [0.4, 0.5) is 0 Å². The summed E-state index contributed by atoms with van der Waals surface area (Å²) >= 11 is 1.45. The number of carbonyl (C=O) groups is 1. The van der Waals surface area contributed by atoms with Crippen molar-refractivity contribution in [2.24, 2.45) is 0 Å². The van der Waals surface area contributed by atoms with E-state index < -0.39 is 0 Å². The maximum Gasteiger partial charge on any atom is 0.312 e. The molecule has 0 amide bonds. The number of hydrogen-bond acceptors (Lipinski definition) is 8. The fourth-order valence-corrected chi connectivity index (χ4v) is 3.78. The number of benzene rings is 2. The van der Waals surface area contributed by atoms with Crippen LogP contribution in [0.25, 0.3) is 21.9 Å². The normalized spacial score (nSPS) is 10.6. The Morgan fingerprint density at radius 2 is 1.77 bits per heavy atom. The minimum absolute atomic E-state index is 0.0435. The zero-order valence-corrected chi connectivity index (χ0v) is 17.8. The van der Waals surface area contributed by atoms with Crippen molar-refractivity contribution in [3.05, 3.63) is 71.4 Å². The summed E-state index contributed by atoms with van der Waals surface area (Å²) in [5, 5.41) is 6.59. The van der Waals surface area contributed by atoms with Crippen LogP contribution in [-0.4, -0.2) is 30.3 Å². The lowest BCUT2D eigenvalue weighted by Crippen LogP contribution is -2.08. The van der Waals surface area contributed by atoms with Crippen LogP contribution < -0.4 is 9.47 Å². The molecule has 4 rings (SSSR count). The molecule has 2 aromatic heterocycles. The van der Waals surface area contributed by atoms with Gasteiger partial charge in [0.2, 0.25) is 0 Å². The standard InChI is InChI=1S/C23H20N2O5S/c1-27-19-9-8-16(10-21(19)28-2)23-24-18(14-31-23)12-22(26)29-13-17-11-20(30-25-17)15-6-4-3-5-7-15/h3-11,14H,12-13H2,1-2H3. The molecule has 0 fully saturated rings. The molecule has 4 aromatic rings. The molecule has 0 aliphatic carbocycles. The van der Waals surface area contributed by atoms with Gasteiger partial charge in [0.1, 0.15) is 17.3 Å². The first kappa shape index (κ1) is 20.6. The van der Waals surface area contributed by atoms with Crippen LogP contribution in [0.5, 0.6) is 11.5 Å². The molecule has 0 aliphatic heterocycles. The van der Waals surface area contributed by atoms with E-state index in [-0.39, 0.29) is 19.0 Å². The summed E-state index contributed by atoms with van der Waals surface area (Å²) in [6.07, 6.45) is 0.0766. The van der Waals surface area contributed by atoms with E-state index in [2.05, 4.69) is 10.1 Å². The summed E-state index contributed by atoms with van der Waals surface area (Å²) < 4.78 is 21.2. The van der Waals surface area contributed by atoms with Crippen LogP contribution in [0.15, 0.2) is 64.5 Å². The van der Waals surface area contributed by atoms with Gasteiger partial charge in [0.25, 0.3) is 0 Å². The molecule has 158 valence electrons. The molecule has 31 heavy (non-hydrogen) atoms. The molecule has 0 radical (unpaired) electrons. The molecule has 0 aliphatic rings. The maximum absolute atomic E-state index is 12.2. The molecule has 0 saturated carbocycles. The van der Waals surface area contributed by atoms with Crippen molar-refractivity contribution in [2.75, 3.05) is 14.2 Å². The number of thiazole rings is 1. The topological polar surface area (TPSA) is 83.7 Å². The lowest BCUT2D eigenvalue weighted by molar-refractivity contribution is -0.144. The van der Waals surface area contributed by atoms with E-state index in [0.29, 0.717) is 28.6 Å². The molecular formula is C23H20N2O5S. The van der Waals surface area contributed by atoms with Crippen molar-refractivity contribution in [1.29, 1.82) is 0 Å². The van der Waals surface area contributed by atoms with Crippen LogP contribution in [-0.2, 0) is 22.6 Å². The Kier molecular flexibility index (Phi) is 6.28. The highest BCUT2D eigenvalue weighted by Crippen LogP contribution is 2.33. The highest BCUT2D eigenvalue weighted by atomic mass is 32.1. The van der Waals surface area contributed by atoms with Crippen molar-refractivity contribution in [2.45, 2.75) is 13.0 Å². The number of aromatic nitrogens is 2. The number of hydrogen-bond donors (Lipinski definition) is 0. The summed E-state index contributed by atoms with van der Waals surface area (Å²) in [5.74, 6) is 1.52. The van der Waals surface area contributed by atoms with E-state index >= 15 is 0 Å². The Morgan fingerprint density at radius 1 is 0.968 bits per heavy atom. The third-order valence-electron chi connectivity index (χ3n) is 4.51. The predicted molar refractivity (Wildman–Crippen MR) is 116 cm³/mol. The molecule has 0 bridgehead atoms. The number of ether oxygens (including phenoxy) is 3.